The lowest BCUT2D eigenvalue weighted by molar-refractivity contribution is -0.0499. The Morgan fingerprint density at radius 2 is 1.87 bits per heavy atom. The Hall–Kier alpha value is -0.810. The van der Waals surface area contributed by atoms with Gasteiger partial charge in [-0.1, -0.05) is 0 Å². The van der Waals surface area contributed by atoms with E-state index < -0.39 is 5.60 Å². The smallest absolute Gasteiger partial charge is 0.410 e. The third-order valence-corrected chi connectivity index (χ3v) is 5.66. The van der Waals surface area contributed by atoms with Crippen molar-refractivity contribution in [1.29, 1.82) is 0 Å². The summed E-state index contributed by atoms with van der Waals surface area (Å²) in [7, 11) is 2.19. The Balaban J connectivity index is 1.60. The lowest BCUT2D eigenvalue weighted by atomic mass is 9.69. The van der Waals surface area contributed by atoms with Crippen LogP contribution in [0.5, 0.6) is 0 Å². The largest absolute Gasteiger partial charge is 0.444 e. The van der Waals surface area contributed by atoms with E-state index in [1.807, 2.05) is 25.7 Å². The number of likely N-dealkylation sites (tertiary alicyclic amines) is 2. The average Bonchev–Trinajstić information content (AvgIpc) is 2.80. The summed E-state index contributed by atoms with van der Waals surface area (Å²) in [4.78, 5) is 17.0. The van der Waals surface area contributed by atoms with Gasteiger partial charge >= 0.3 is 6.09 Å². The number of nitrogens with one attached hydrogen (secondary N) is 1. The van der Waals surface area contributed by atoms with Crippen molar-refractivity contribution in [2.75, 3.05) is 26.7 Å². The predicted molar refractivity (Wildman–Crippen MR) is 91.6 cm³/mol. The molecule has 3 fully saturated rings. The molecular weight excluding hydrogens is 290 g/mol. The molecule has 2 saturated heterocycles. The van der Waals surface area contributed by atoms with E-state index in [2.05, 4.69) is 17.3 Å². The Labute approximate surface area is 140 Å². The van der Waals surface area contributed by atoms with E-state index in [-0.39, 0.29) is 11.6 Å². The number of hydrogen-bond acceptors (Lipinski definition) is 4. The molecule has 0 bridgehead atoms. The summed E-state index contributed by atoms with van der Waals surface area (Å²) >= 11 is 0. The quantitative estimate of drug-likeness (QED) is 0.848. The zero-order chi connectivity index (χ0) is 16.7. The third kappa shape index (κ3) is 3.82. The minimum Gasteiger partial charge on any atom is -0.444 e. The molecule has 1 spiro atoms. The molecule has 2 heterocycles. The monoisotopic (exact) mass is 323 g/mol. The molecular formula is C18H33N3O2. The van der Waals surface area contributed by atoms with Gasteiger partial charge in [0.05, 0.1) is 0 Å². The Bertz CT molecular complexity index is 442. The van der Waals surface area contributed by atoms with Crippen LogP contribution in [-0.4, -0.2) is 65.8 Å². The molecule has 0 aromatic carbocycles. The predicted octanol–water partition coefficient (Wildman–Crippen LogP) is 2.60. The number of piperidine rings is 1. The molecule has 1 aliphatic carbocycles. The maximum absolute atomic E-state index is 12.6. The van der Waals surface area contributed by atoms with Gasteiger partial charge in [-0.2, -0.15) is 0 Å². The van der Waals surface area contributed by atoms with E-state index in [0.29, 0.717) is 12.1 Å². The number of likely N-dealkylation sites (N-methyl/N-ethyl adjacent to an activating group) is 1. The average molecular weight is 323 g/mol. The van der Waals surface area contributed by atoms with Crippen molar-refractivity contribution in [3.63, 3.8) is 0 Å². The van der Waals surface area contributed by atoms with Crippen LogP contribution in [0.2, 0.25) is 0 Å². The molecule has 1 amide bonds. The molecule has 0 radical (unpaired) electrons. The van der Waals surface area contributed by atoms with Gasteiger partial charge in [-0.25, -0.2) is 4.79 Å². The topological polar surface area (TPSA) is 44.8 Å². The number of carbonyl (C=O) groups is 1. The van der Waals surface area contributed by atoms with Crippen molar-refractivity contribution in [2.24, 2.45) is 0 Å². The summed E-state index contributed by atoms with van der Waals surface area (Å²) in [6.45, 7) is 9.02. The summed E-state index contributed by atoms with van der Waals surface area (Å²) in [5.74, 6) is 0. The first-order chi connectivity index (χ1) is 10.8. The molecule has 3 rings (SSSR count). The maximum Gasteiger partial charge on any atom is 0.410 e. The van der Waals surface area contributed by atoms with E-state index in [9.17, 15) is 4.79 Å². The van der Waals surface area contributed by atoms with Gasteiger partial charge in [-0.15, -0.1) is 0 Å². The van der Waals surface area contributed by atoms with Crippen molar-refractivity contribution in [3.8, 4) is 0 Å². The molecule has 5 nitrogen and oxygen atoms in total. The summed E-state index contributed by atoms with van der Waals surface area (Å²) in [6.07, 6.45) is 6.77. The minimum atomic E-state index is -0.411. The highest BCUT2D eigenvalue weighted by molar-refractivity contribution is 5.69. The van der Waals surface area contributed by atoms with E-state index in [1.165, 1.54) is 19.4 Å². The van der Waals surface area contributed by atoms with Crippen LogP contribution in [0.4, 0.5) is 4.79 Å². The van der Waals surface area contributed by atoms with Crippen molar-refractivity contribution in [3.05, 3.63) is 0 Å². The third-order valence-electron chi connectivity index (χ3n) is 5.66. The summed E-state index contributed by atoms with van der Waals surface area (Å²) in [5, 5.41) is 3.86. The van der Waals surface area contributed by atoms with Crippen LogP contribution in [-0.2, 0) is 4.74 Å². The van der Waals surface area contributed by atoms with Crippen molar-refractivity contribution >= 4 is 6.09 Å². The molecule has 0 aromatic rings. The van der Waals surface area contributed by atoms with Crippen LogP contribution < -0.4 is 5.32 Å². The lowest BCUT2D eigenvalue weighted by Crippen LogP contribution is -2.64. The first-order valence-corrected chi connectivity index (χ1v) is 9.23. The summed E-state index contributed by atoms with van der Waals surface area (Å²) < 4.78 is 5.65. The fraction of sp³-hybridized carbons (Fsp3) is 0.944. The van der Waals surface area contributed by atoms with Crippen LogP contribution in [0.15, 0.2) is 0 Å². The van der Waals surface area contributed by atoms with Crippen LogP contribution in [0.25, 0.3) is 0 Å². The van der Waals surface area contributed by atoms with E-state index in [1.54, 1.807) is 0 Å². The van der Waals surface area contributed by atoms with E-state index in [0.717, 1.165) is 38.8 Å². The van der Waals surface area contributed by atoms with Gasteiger partial charge < -0.3 is 19.9 Å². The van der Waals surface area contributed by atoms with Crippen molar-refractivity contribution in [1.82, 2.24) is 15.1 Å². The Kier molecular flexibility index (Phi) is 4.62. The molecule has 3 aliphatic rings. The first-order valence-electron chi connectivity index (χ1n) is 9.23. The van der Waals surface area contributed by atoms with Gasteiger partial charge in [0.25, 0.3) is 0 Å². The SMILES string of the molecule is CN1CCC(NC2CCN(C(=O)OC(C)(C)C)C3(CCC3)C2)C1. The van der Waals surface area contributed by atoms with E-state index in [4.69, 9.17) is 4.74 Å². The minimum absolute atomic E-state index is 0.0583. The van der Waals surface area contributed by atoms with Crippen LogP contribution >= 0.6 is 0 Å². The number of hydrogen-bond donors (Lipinski definition) is 1. The molecule has 1 N–H and O–H groups in total. The van der Waals surface area contributed by atoms with Crippen LogP contribution in [0, 0.1) is 0 Å². The number of carbonyl (C=O) groups excluding carboxylic acids is 1. The molecule has 2 atom stereocenters. The second kappa shape index (κ2) is 6.25. The molecule has 23 heavy (non-hydrogen) atoms. The summed E-state index contributed by atoms with van der Waals surface area (Å²) in [6, 6.07) is 1.17. The van der Waals surface area contributed by atoms with Gasteiger partial charge in [0.1, 0.15) is 5.60 Å². The Morgan fingerprint density at radius 1 is 1.17 bits per heavy atom. The molecule has 2 aliphatic heterocycles. The molecule has 5 heteroatoms. The fourth-order valence-corrected chi connectivity index (χ4v) is 4.40. The normalized spacial score (nSPS) is 31.2. The van der Waals surface area contributed by atoms with Gasteiger partial charge in [-0.3, -0.25) is 0 Å². The molecule has 0 aromatic heterocycles. The van der Waals surface area contributed by atoms with Crippen molar-refractivity contribution in [2.45, 2.75) is 82.5 Å². The number of amides is 1. The lowest BCUT2D eigenvalue weighted by Gasteiger charge is -2.55. The van der Waals surface area contributed by atoms with Crippen LogP contribution in [0.1, 0.15) is 59.3 Å². The number of ether oxygens (including phenoxy) is 1. The molecule has 2 unspecified atom stereocenters. The second-order valence-corrected chi connectivity index (χ2v) is 8.81. The highest BCUT2D eigenvalue weighted by Crippen LogP contribution is 2.45. The van der Waals surface area contributed by atoms with Crippen LogP contribution in [0.3, 0.4) is 0 Å². The second-order valence-electron chi connectivity index (χ2n) is 8.81. The number of rotatable bonds is 2. The zero-order valence-electron chi connectivity index (χ0n) is 15.2. The van der Waals surface area contributed by atoms with Gasteiger partial charge in [0.15, 0.2) is 0 Å². The standard InChI is InChI=1S/C18H33N3O2/c1-17(2,3)23-16(22)21-11-7-14(12-18(21)8-5-9-18)19-15-6-10-20(4)13-15/h14-15,19H,5-13H2,1-4H3. The molecule has 132 valence electrons. The zero-order valence-corrected chi connectivity index (χ0v) is 15.2. The maximum atomic E-state index is 12.6. The van der Waals surface area contributed by atoms with E-state index >= 15 is 0 Å². The number of nitrogens with zero attached hydrogens (tertiary/aromatic N) is 2. The van der Waals surface area contributed by atoms with Gasteiger partial charge in [0, 0.05) is 30.7 Å². The highest BCUT2D eigenvalue weighted by Gasteiger charge is 2.50. The Morgan fingerprint density at radius 3 is 2.39 bits per heavy atom. The highest BCUT2D eigenvalue weighted by atomic mass is 16.6. The molecule has 1 saturated carbocycles. The van der Waals surface area contributed by atoms with Gasteiger partial charge in [-0.05, 0) is 72.9 Å². The van der Waals surface area contributed by atoms with Gasteiger partial charge in [0.2, 0.25) is 0 Å². The summed E-state index contributed by atoms with van der Waals surface area (Å²) in [5.41, 5.74) is -0.353. The first kappa shape index (κ1) is 17.0. The van der Waals surface area contributed by atoms with Crippen molar-refractivity contribution < 1.29 is 9.53 Å². The fourth-order valence-electron chi connectivity index (χ4n) is 4.40.